The molecular formula is C20H30F4N4O. The van der Waals surface area contributed by atoms with Crippen LogP contribution in [0.5, 0.6) is 0 Å². The average molecular weight is 418 g/mol. The molecule has 0 aliphatic carbocycles. The Balaban J connectivity index is 1.69. The maximum absolute atomic E-state index is 13.7. The number of ether oxygens (including phenoxy) is 1. The van der Waals surface area contributed by atoms with E-state index < -0.39 is 12.7 Å². The molecule has 0 amide bonds. The lowest BCUT2D eigenvalue weighted by molar-refractivity contribution is -0.148. The summed E-state index contributed by atoms with van der Waals surface area (Å²) in [4.78, 5) is 5.65. The van der Waals surface area contributed by atoms with Gasteiger partial charge >= 0.3 is 6.18 Å². The lowest BCUT2D eigenvalue weighted by atomic mass is 9.93. The van der Waals surface area contributed by atoms with Gasteiger partial charge in [-0.1, -0.05) is 6.07 Å². The van der Waals surface area contributed by atoms with Gasteiger partial charge in [-0.25, -0.2) is 4.39 Å². The Kier molecular flexibility index (Phi) is 9.16. The van der Waals surface area contributed by atoms with Gasteiger partial charge in [-0.2, -0.15) is 13.2 Å². The summed E-state index contributed by atoms with van der Waals surface area (Å²) in [5, 5.41) is 6.42. The number of nitrogens with one attached hydrogen (secondary N) is 2. The largest absolute Gasteiger partial charge is 0.401 e. The van der Waals surface area contributed by atoms with Crippen molar-refractivity contribution in [2.75, 3.05) is 40.3 Å². The van der Waals surface area contributed by atoms with E-state index in [0.717, 1.165) is 24.8 Å². The van der Waals surface area contributed by atoms with E-state index in [2.05, 4.69) is 15.6 Å². The first kappa shape index (κ1) is 23.4. The van der Waals surface area contributed by atoms with Gasteiger partial charge in [0.2, 0.25) is 0 Å². The summed E-state index contributed by atoms with van der Waals surface area (Å²) in [7, 11) is 3.20. The fourth-order valence-electron chi connectivity index (χ4n) is 3.49. The molecule has 1 aromatic rings. The lowest BCUT2D eigenvalue weighted by Crippen LogP contribution is -2.41. The molecule has 0 unspecified atom stereocenters. The van der Waals surface area contributed by atoms with Gasteiger partial charge in [-0.05, 0) is 56.0 Å². The van der Waals surface area contributed by atoms with E-state index in [1.807, 2.05) is 0 Å². The van der Waals surface area contributed by atoms with Crippen LogP contribution >= 0.6 is 0 Å². The third kappa shape index (κ3) is 8.57. The van der Waals surface area contributed by atoms with Crippen LogP contribution in [-0.2, 0) is 17.9 Å². The minimum absolute atomic E-state index is 0.217. The monoisotopic (exact) mass is 418 g/mol. The quantitative estimate of drug-likeness (QED) is 0.386. The third-order valence-electron chi connectivity index (χ3n) is 5.05. The highest BCUT2D eigenvalue weighted by Gasteiger charge is 2.32. The number of nitrogens with zero attached hydrogens (tertiary/aromatic N) is 2. The molecule has 1 aliphatic heterocycles. The minimum Gasteiger partial charge on any atom is -0.380 e. The second-order valence-electron chi connectivity index (χ2n) is 7.33. The number of rotatable bonds is 8. The zero-order valence-electron chi connectivity index (χ0n) is 17.0. The molecule has 0 saturated carbocycles. The molecule has 29 heavy (non-hydrogen) atoms. The fourth-order valence-corrected chi connectivity index (χ4v) is 3.49. The molecule has 5 nitrogen and oxygen atoms in total. The van der Waals surface area contributed by atoms with Crippen LogP contribution in [0.2, 0.25) is 0 Å². The molecule has 164 valence electrons. The van der Waals surface area contributed by atoms with Crippen LogP contribution in [0.4, 0.5) is 17.6 Å². The van der Waals surface area contributed by atoms with Gasteiger partial charge in [-0.15, -0.1) is 0 Å². The lowest BCUT2D eigenvalue weighted by Gasteiger charge is -2.32. The Morgan fingerprint density at radius 1 is 1.24 bits per heavy atom. The molecule has 2 rings (SSSR count). The number of halogens is 4. The van der Waals surface area contributed by atoms with Crippen LogP contribution in [0.15, 0.2) is 23.2 Å². The maximum Gasteiger partial charge on any atom is 0.401 e. The van der Waals surface area contributed by atoms with Gasteiger partial charge in [0, 0.05) is 32.8 Å². The molecule has 0 aromatic heterocycles. The van der Waals surface area contributed by atoms with Crippen molar-refractivity contribution in [3.8, 4) is 0 Å². The van der Waals surface area contributed by atoms with Crippen LogP contribution in [0, 0.1) is 11.7 Å². The number of piperidine rings is 1. The Hall–Kier alpha value is -1.87. The molecule has 1 aliphatic rings. The first-order valence-corrected chi connectivity index (χ1v) is 9.80. The number of methoxy groups -OCH3 is 1. The van der Waals surface area contributed by atoms with Crippen molar-refractivity contribution in [3.05, 3.63) is 35.1 Å². The highest BCUT2D eigenvalue weighted by atomic mass is 19.4. The zero-order valence-corrected chi connectivity index (χ0v) is 17.0. The average Bonchev–Trinajstić information content (AvgIpc) is 2.67. The fraction of sp³-hybridized carbons (Fsp3) is 0.650. The Labute approximate surface area is 169 Å². The standard InChI is InChI=1S/C20H30F4N4O/c1-25-19(27-12-16-3-4-18(21)17(11-16)13-29-2)26-8-5-15-6-9-28(10-7-15)14-20(22,23)24/h3-4,11,15H,5-10,12-14H2,1-2H3,(H2,25,26,27). The number of benzene rings is 1. The van der Waals surface area contributed by atoms with Crippen molar-refractivity contribution in [1.29, 1.82) is 0 Å². The number of likely N-dealkylation sites (tertiary alicyclic amines) is 1. The molecule has 0 bridgehead atoms. The number of hydrogen-bond donors (Lipinski definition) is 2. The van der Waals surface area contributed by atoms with Crippen molar-refractivity contribution >= 4 is 5.96 Å². The molecule has 9 heteroatoms. The SMILES string of the molecule is CN=C(NCCC1CCN(CC(F)(F)F)CC1)NCc1ccc(F)c(COC)c1. The number of guanidine groups is 1. The van der Waals surface area contributed by atoms with Crippen LogP contribution in [-0.4, -0.2) is 57.4 Å². The van der Waals surface area contributed by atoms with Crippen molar-refractivity contribution < 1.29 is 22.3 Å². The number of hydrogen-bond acceptors (Lipinski definition) is 3. The second kappa shape index (κ2) is 11.3. The number of alkyl halides is 3. The predicted molar refractivity (Wildman–Crippen MR) is 105 cm³/mol. The van der Waals surface area contributed by atoms with Crippen LogP contribution in [0.1, 0.15) is 30.4 Å². The highest BCUT2D eigenvalue weighted by molar-refractivity contribution is 5.79. The highest BCUT2D eigenvalue weighted by Crippen LogP contribution is 2.24. The van der Waals surface area contributed by atoms with Crippen LogP contribution in [0.25, 0.3) is 0 Å². The van der Waals surface area contributed by atoms with Crippen molar-refractivity contribution in [2.24, 2.45) is 10.9 Å². The van der Waals surface area contributed by atoms with E-state index in [1.54, 1.807) is 19.2 Å². The first-order chi connectivity index (χ1) is 13.8. The van der Waals surface area contributed by atoms with E-state index in [1.165, 1.54) is 18.1 Å². The second-order valence-corrected chi connectivity index (χ2v) is 7.33. The van der Waals surface area contributed by atoms with E-state index in [-0.39, 0.29) is 12.4 Å². The van der Waals surface area contributed by atoms with Crippen LogP contribution < -0.4 is 10.6 Å². The minimum atomic E-state index is -4.12. The third-order valence-corrected chi connectivity index (χ3v) is 5.05. The molecule has 1 heterocycles. The molecule has 0 spiro atoms. The molecule has 0 radical (unpaired) electrons. The molecule has 1 saturated heterocycles. The van der Waals surface area contributed by atoms with E-state index in [4.69, 9.17) is 4.74 Å². The summed E-state index contributed by atoms with van der Waals surface area (Å²) >= 11 is 0. The number of aliphatic imine (C=N–C) groups is 1. The summed E-state index contributed by atoms with van der Waals surface area (Å²) in [6.07, 6.45) is -1.68. The molecule has 1 aromatic carbocycles. The summed E-state index contributed by atoms with van der Waals surface area (Å²) in [5.74, 6) is 0.760. The maximum atomic E-state index is 13.7. The normalized spacial score (nSPS) is 16.8. The summed E-state index contributed by atoms with van der Waals surface area (Å²) in [5.41, 5.74) is 1.42. The van der Waals surface area contributed by atoms with Crippen LogP contribution in [0.3, 0.4) is 0 Å². The molecule has 2 N–H and O–H groups in total. The Bertz CT molecular complexity index is 658. The molecular weight excluding hydrogens is 388 g/mol. The summed E-state index contributed by atoms with van der Waals surface area (Å²) < 4.78 is 56.0. The van der Waals surface area contributed by atoms with Crippen molar-refractivity contribution in [3.63, 3.8) is 0 Å². The van der Waals surface area contributed by atoms with Gasteiger partial charge in [0.1, 0.15) is 5.82 Å². The molecule has 0 atom stereocenters. The van der Waals surface area contributed by atoms with E-state index in [9.17, 15) is 17.6 Å². The predicted octanol–water partition coefficient (Wildman–Crippen LogP) is 3.30. The zero-order chi connectivity index (χ0) is 21.3. The molecule has 1 fully saturated rings. The topological polar surface area (TPSA) is 48.9 Å². The Morgan fingerprint density at radius 3 is 2.59 bits per heavy atom. The van der Waals surface area contributed by atoms with E-state index in [0.29, 0.717) is 43.6 Å². The van der Waals surface area contributed by atoms with Gasteiger partial charge in [0.05, 0.1) is 13.2 Å². The summed E-state index contributed by atoms with van der Waals surface area (Å²) in [6, 6.07) is 4.89. The van der Waals surface area contributed by atoms with Gasteiger partial charge in [0.25, 0.3) is 0 Å². The van der Waals surface area contributed by atoms with Gasteiger partial charge in [0.15, 0.2) is 5.96 Å². The van der Waals surface area contributed by atoms with Crippen molar-refractivity contribution in [1.82, 2.24) is 15.5 Å². The van der Waals surface area contributed by atoms with Crippen molar-refractivity contribution in [2.45, 2.75) is 38.6 Å². The van der Waals surface area contributed by atoms with Gasteiger partial charge in [-0.3, -0.25) is 9.89 Å². The Morgan fingerprint density at radius 2 is 1.97 bits per heavy atom. The smallest absolute Gasteiger partial charge is 0.380 e. The summed E-state index contributed by atoms with van der Waals surface area (Å²) in [6.45, 7) is 1.57. The first-order valence-electron chi connectivity index (χ1n) is 9.80. The van der Waals surface area contributed by atoms with E-state index >= 15 is 0 Å². The van der Waals surface area contributed by atoms with Gasteiger partial charge < -0.3 is 15.4 Å².